The Labute approximate surface area is 171 Å². The van der Waals surface area contributed by atoms with Crippen molar-refractivity contribution in [3.8, 4) is 0 Å². The third-order valence-corrected chi connectivity index (χ3v) is 6.97. The molecule has 0 saturated heterocycles. The quantitative estimate of drug-likeness (QED) is 0.242. The molecule has 0 spiro atoms. The summed E-state index contributed by atoms with van der Waals surface area (Å²) < 4.78 is 2.24. The van der Waals surface area contributed by atoms with Crippen LogP contribution in [0.2, 0.25) is 0 Å². The van der Waals surface area contributed by atoms with E-state index in [1.165, 1.54) is 72.8 Å². The Bertz CT molecular complexity index is 1480. The Morgan fingerprint density at radius 3 is 2.21 bits per heavy atom. The largest absolute Gasteiger partial charge is 0.350 e. The Hall–Kier alpha value is -3.06. The van der Waals surface area contributed by atoms with Gasteiger partial charge < -0.3 is 4.57 Å². The minimum Gasteiger partial charge on any atom is -0.350 e. The van der Waals surface area contributed by atoms with Crippen molar-refractivity contribution in [1.82, 2.24) is 4.57 Å². The van der Waals surface area contributed by atoms with E-state index < -0.39 is 0 Å². The zero-order chi connectivity index (χ0) is 19.7. The van der Waals surface area contributed by atoms with E-state index in [9.17, 15) is 0 Å². The van der Waals surface area contributed by atoms with Crippen LogP contribution in [0, 0.1) is 0 Å². The van der Waals surface area contributed by atoms with Crippen molar-refractivity contribution in [2.75, 3.05) is 0 Å². The molecular weight excluding hydrogens is 350 g/mol. The summed E-state index contributed by atoms with van der Waals surface area (Å²) in [5, 5.41) is 9.51. The molecule has 0 aliphatic heterocycles. The van der Waals surface area contributed by atoms with Crippen molar-refractivity contribution in [2.45, 2.75) is 32.6 Å². The maximum atomic E-state index is 2.40. The molecule has 0 N–H and O–H groups in total. The van der Waals surface area contributed by atoms with Gasteiger partial charge in [0.05, 0.1) is 5.52 Å². The Morgan fingerprint density at radius 1 is 0.759 bits per heavy atom. The van der Waals surface area contributed by atoms with Crippen LogP contribution in [-0.2, 0) is 7.05 Å². The average molecular weight is 376 g/mol. The van der Waals surface area contributed by atoms with Crippen LogP contribution >= 0.6 is 0 Å². The predicted molar refractivity (Wildman–Crippen MR) is 127 cm³/mol. The van der Waals surface area contributed by atoms with Gasteiger partial charge in [0, 0.05) is 24.0 Å². The molecule has 4 aromatic carbocycles. The molecule has 1 heterocycles. The third-order valence-electron chi connectivity index (χ3n) is 6.97. The zero-order valence-corrected chi connectivity index (χ0v) is 17.3. The van der Waals surface area contributed by atoms with Gasteiger partial charge in [0.15, 0.2) is 0 Å². The number of aryl methyl sites for hydroxylation is 1. The standard InChI is InChI=1S/C28H25N/c1-17-4-5-18(2)27-20(16-17)7-9-23-21-11-13-26-24(22(21)10-12-25(23)27)8-6-19-14-15-29(3)28(19)26/h6-16,18H,4-5H2,1-3H3. The fourth-order valence-electron chi connectivity index (χ4n) is 5.48. The second-order valence-electron chi connectivity index (χ2n) is 8.85. The van der Waals surface area contributed by atoms with E-state index in [0.717, 1.165) is 0 Å². The van der Waals surface area contributed by atoms with Crippen LogP contribution in [0.15, 0.2) is 66.4 Å². The molecule has 6 rings (SSSR count). The third kappa shape index (κ3) is 2.34. The number of rotatable bonds is 0. The van der Waals surface area contributed by atoms with Crippen LogP contribution in [0.4, 0.5) is 0 Å². The van der Waals surface area contributed by atoms with Crippen molar-refractivity contribution in [3.05, 3.63) is 77.5 Å². The Morgan fingerprint density at radius 2 is 1.38 bits per heavy atom. The van der Waals surface area contributed by atoms with Crippen LogP contribution in [0.5, 0.6) is 0 Å². The topological polar surface area (TPSA) is 4.93 Å². The molecule has 1 unspecified atom stereocenters. The normalized spacial score (nSPS) is 17.1. The summed E-state index contributed by atoms with van der Waals surface area (Å²) in [6.45, 7) is 4.66. The summed E-state index contributed by atoms with van der Waals surface area (Å²) in [6, 6.07) is 20.8. The van der Waals surface area contributed by atoms with E-state index in [2.05, 4.69) is 92.3 Å². The zero-order valence-electron chi connectivity index (χ0n) is 17.3. The average Bonchev–Trinajstić information content (AvgIpc) is 3.04. The van der Waals surface area contributed by atoms with Gasteiger partial charge in [-0.2, -0.15) is 0 Å². The highest BCUT2D eigenvalue weighted by molar-refractivity contribution is 6.22. The first-order valence-electron chi connectivity index (χ1n) is 10.6. The first-order valence-corrected chi connectivity index (χ1v) is 10.6. The van der Waals surface area contributed by atoms with Crippen molar-refractivity contribution in [3.63, 3.8) is 0 Å². The second-order valence-corrected chi connectivity index (χ2v) is 8.85. The number of allylic oxidation sites excluding steroid dienone is 1. The van der Waals surface area contributed by atoms with Crippen molar-refractivity contribution in [2.24, 2.45) is 7.05 Å². The van der Waals surface area contributed by atoms with E-state index in [1.807, 2.05) is 0 Å². The first-order chi connectivity index (χ1) is 14.1. The molecule has 1 atom stereocenters. The summed E-state index contributed by atoms with van der Waals surface area (Å²) in [5.41, 5.74) is 5.75. The van der Waals surface area contributed by atoms with Gasteiger partial charge in [-0.3, -0.25) is 0 Å². The molecule has 29 heavy (non-hydrogen) atoms. The van der Waals surface area contributed by atoms with Gasteiger partial charge in [0.2, 0.25) is 0 Å². The van der Waals surface area contributed by atoms with Crippen LogP contribution in [0.25, 0.3) is 49.3 Å². The minimum absolute atomic E-state index is 0.586. The fraction of sp³-hybridized carbons (Fsp3) is 0.214. The smallest absolute Gasteiger partial charge is 0.0557 e. The van der Waals surface area contributed by atoms with Crippen molar-refractivity contribution in [1.29, 1.82) is 0 Å². The number of nitrogens with zero attached hydrogens (tertiary/aromatic N) is 1. The molecule has 0 fully saturated rings. The predicted octanol–water partition coefficient (Wildman–Crippen LogP) is 7.94. The number of hydrogen-bond acceptors (Lipinski definition) is 0. The molecule has 0 amide bonds. The van der Waals surface area contributed by atoms with E-state index in [0.29, 0.717) is 5.92 Å². The molecule has 1 aliphatic rings. The molecule has 1 heteroatoms. The summed E-state index contributed by atoms with van der Waals surface area (Å²) in [5.74, 6) is 0.586. The number of benzene rings is 4. The summed E-state index contributed by atoms with van der Waals surface area (Å²) in [4.78, 5) is 0. The summed E-state index contributed by atoms with van der Waals surface area (Å²) in [7, 11) is 2.14. The van der Waals surface area contributed by atoms with E-state index >= 15 is 0 Å². The second kappa shape index (κ2) is 5.97. The van der Waals surface area contributed by atoms with Gasteiger partial charge in [0.25, 0.3) is 0 Å². The summed E-state index contributed by atoms with van der Waals surface area (Å²) in [6.07, 6.45) is 6.98. The van der Waals surface area contributed by atoms with Crippen molar-refractivity contribution >= 4 is 49.3 Å². The van der Waals surface area contributed by atoms with Crippen molar-refractivity contribution < 1.29 is 0 Å². The maximum absolute atomic E-state index is 2.40. The van der Waals surface area contributed by atoms with E-state index in [1.54, 1.807) is 0 Å². The monoisotopic (exact) mass is 375 g/mol. The Balaban J connectivity index is 1.73. The highest BCUT2D eigenvalue weighted by atomic mass is 14.9. The highest BCUT2D eigenvalue weighted by Crippen LogP contribution is 2.40. The van der Waals surface area contributed by atoms with Crippen LogP contribution in [0.3, 0.4) is 0 Å². The highest BCUT2D eigenvalue weighted by Gasteiger charge is 2.18. The number of aromatic nitrogens is 1. The molecule has 0 saturated carbocycles. The lowest BCUT2D eigenvalue weighted by Gasteiger charge is -2.17. The van der Waals surface area contributed by atoms with Gasteiger partial charge in [0.1, 0.15) is 0 Å². The number of fused-ring (bicyclic) bond motifs is 9. The number of hydrogen-bond donors (Lipinski definition) is 0. The van der Waals surface area contributed by atoms with Crippen LogP contribution in [0.1, 0.15) is 43.7 Å². The molecule has 1 nitrogen and oxygen atoms in total. The Kier molecular flexibility index (Phi) is 3.47. The van der Waals surface area contributed by atoms with Gasteiger partial charge in [-0.1, -0.05) is 67.1 Å². The van der Waals surface area contributed by atoms with E-state index in [4.69, 9.17) is 0 Å². The van der Waals surface area contributed by atoms with E-state index in [-0.39, 0.29) is 0 Å². The van der Waals surface area contributed by atoms with Crippen LogP contribution < -0.4 is 0 Å². The molecule has 5 aromatic rings. The SMILES string of the molecule is CC1=Cc2ccc3c(ccc4c3ccc3c4ccc4ccn(C)c43)c2C(C)CC1. The maximum Gasteiger partial charge on any atom is 0.0557 e. The molecule has 1 aromatic heterocycles. The molecular formula is C28H25N. The molecule has 1 aliphatic carbocycles. The molecule has 142 valence electrons. The first kappa shape index (κ1) is 16.9. The summed E-state index contributed by atoms with van der Waals surface area (Å²) >= 11 is 0. The van der Waals surface area contributed by atoms with Gasteiger partial charge >= 0.3 is 0 Å². The lowest BCUT2D eigenvalue weighted by Crippen LogP contribution is -1.97. The molecule has 0 radical (unpaired) electrons. The van der Waals surface area contributed by atoms with Crippen LogP contribution in [-0.4, -0.2) is 4.57 Å². The minimum atomic E-state index is 0.586. The lowest BCUT2D eigenvalue weighted by atomic mass is 9.87. The van der Waals surface area contributed by atoms with Gasteiger partial charge in [-0.25, -0.2) is 0 Å². The van der Waals surface area contributed by atoms with Gasteiger partial charge in [-0.05, 0) is 69.8 Å². The fourth-order valence-corrected chi connectivity index (χ4v) is 5.48. The molecule has 0 bridgehead atoms. The van der Waals surface area contributed by atoms with Gasteiger partial charge in [-0.15, -0.1) is 0 Å². The lowest BCUT2D eigenvalue weighted by molar-refractivity contribution is 0.687.